The summed E-state index contributed by atoms with van der Waals surface area (Å²) in [5.74, 6) is 0.932. The maximum atomic E-state index is 4.71. The van der Waals surface area contributed by atoms with Crippen LogP contribution in [0.2, 0.25) is 0 Å². The van der Waals surface area contributed by atoms with Gasteiger partial charge in [0.05, 0.1) is 11.9 Å². The summed E-state index contributed by atoms with van der Waals surface area (Å²) in [5.41, 5.74) is 5.20. The Balaban J connectivity index is 1.55. The predicted octanol–water partition coefficient (Wildman–Crippen LogP) is 4.25. The van der Waals surface area contributed by atoms with Crippen molar-refractivity contribution in [3.05, 3.63) is 48.3 Å². The Labute approximate surface area is 142 Å². The molecule has 1 N–H and O–H groups in total. The Morgan fingerprint density at radius 1 is 1.25 bits per heavy atom. The van der Waals surface area contributed by atoms with Crippen LogP contribution in [0.3, 0.4) is 0 Å². The third-order valence-corrected chi connectivity index (χ3v) is 4.64. The van der Waals surface area contributed by atoms with Crippen molar-refractivity contribution < 1.29 is 0 Å². The lowest BCUT2D eigenvalue weighted by molar-refractivity contribution is 0.255. The van der Waals surface area contributed by atoms with Gasteiger partial charge in [-0.15, -0.1) is 0 Å². The van der Waals surface area contributed by atoms with Crippen molar-refractivity contribution in [3.8, 4) is 11.3 Å². The van der Waals surface area contributed by atoms with Gasteiger partial charge in [-0.1, -0.05) is 25.1 Å². The molecule has 0 radical (unpaired) electrons. The predicted molar refractivity (Wildman–Crippen MR) is 97.6 cm³/mol. The van der Waals surface area contributed by atoms with Crippen LogP contribution in [0.5, 0.6) is 0 Å². The third-order valence-electron chi connectivity index (χ3n) is 4.64. The van der Waals surface area contributed by atoms with Crippen molar-refractivity contribution in [2.75, 3.05) is 13.1 Å². The second-order valence-electron chi connectivity index (χ2n) is 6.85. The second-order valence-corrected chi connectivity index (χ2v) is 6.85. The van der Waals surface area contributed by atoms with E-state index in [0.29, 0.717) is 0 Å². The highest BCUT2D eigenvalue weighted by Crippen LogP contribution is 2.30. The van der Waals surface area contributed by atoms with Gasteiger partial charge in [-0.05, 0) is 49.4 Å². The molecular formula is C20H24N4. The summed E-state index contributed by atoms with van der Waals surface area (Å²) in [6.07, 6.45) is 7.76. The van der Waals surface area contributed by atoms with Crippen LogP contribution in [0, 0.1) is 5.92 Å². The minimum absolute atomic E-state index is 0.841. The largest absolute Gasteiger partial charge is 0.345 e. The summed E-state index contributed by atoms with van der Waals surface area (Å²) in [7, 11) is 0. The van der Waals surface area contributed by atoms with Gasteiger partial charge >= 0.3 is 0 Å². The number of hydrogen-bond acceptors (Lipinski definition) is 3. The van der Waals surface area contributed by atoms with Gasteiger partial charge in [-0.25, -0.2) is 9.97 Å². The summed E-state index contributed by atoms with van der Waals surface area (Å²) in [5, 5.41) is 0. The molecule has 2 heterocycles. The zero-order valence-corrected chi connectivity index (χ0v) is 14.2. The van der Waals surface area contributed by atoms with Gasteiger partial charge in [0.2, 0.25) is 0 Å². The minimum Gasteiger partial charge on any atom is -0.345 e. The van der Waals surface area contributed by atoms with E-state index in [4.69, 9.17) is 4.98 Å². The fourth-order valence-electron chi connectivity index (χ4n) is 3.27. The summed E-state index contributed by atoms with van der Waals surface area (Å²) in [4.78, 5) is 14.9. The highest BCUT2D eigenvalue weighted by molar-refractivity contribution is 5.74. The van der Waals surface area contributed by atoms with Crippen molar-refractivity contribution >= 4 is 11.2 Å². The van der Waals surface area contributed by atoms with Crippen LogP contribution in [0.1, 0.15) is 31.7 Å². The van der Waals surface area contributed by atoms with E-state index in [2.05, 4.69) is 46.1 Å². The molecule has 1 aliphatic rings. The molecule has 0 bridgehead atoms. The molecule has 124 valence electrons. The van der Waals surface area contributed by atoms with E-state index >= 15 is 0 Å². The SMILES string of the molecule is CCCN(Cc1cccc(-c2cnc3[nH]ccc3n2)c1)CC1CC1. The van der Waals surface area contributed by atoms with E-state index in [1.54, 1.807) is 0 Å². The molecule has 0 atom stereocenters. The van der Waals surface area contributed by atoms with E-state index < -0.39 is 0 Å². The van der Waals surface area contributed by atoms with E-state index in [-0.39, 0.29) is 0 Å². The lowest BCUT2D eigenvalue weighted by atomic mass is 10.1. The monoisotopic (exact) mass is 320 g/mol. The normalized spacial score (nSPS) is 14.6. The first kappa shape index (κ1) is 15.3. The number of H-pyrrole nitrogens is 1. The Kier molecular flexibility index (Phi) is 4.30. The molecule has 2 aromatic heterocycles. The van der Waals surface area contributed by atoms with Crippen LogP contribution >= 0.6 is 0 Å². The van der Waals surface area contributed by atoms with Crippen LogP contribution in [0.4, 0.5) is 0 Å². The summed E-state index contributed by atoms with van der Waals surface area (Å²) in [6, 6.07) is 10.7. The number of fused-ring (bicyclic) bond motifs is 1. The zero-order chi connectivity index (χ0) is 16.4. The molecule has 1 saturated carbocycles. The maximum absolute atomic E-state index is 4.71. The fraction of sp³-hybridized carbons (Fsp3) is 0.400. The Hall–Kier alpha value is -2.20. The number of benzene rings is 1. The van der Waals surface area contributed by atoms with Gasteiger partial charge in [0.1, 0.15) is 5.52 Å². The maximum Gasteiger partial charge on any atom is 0.156 e. The number of aromatic nitrogens is 3. The molecule has 0 unspecified atom stereocenters. The molecule has 0 saturated heterocycles. The topological polar surface area (TPSA) is 44.8 Å². The molecule has 4 nitrogen and oxygen atoms in total. The van der Waals surface area contributed by atoms with Crippen LogP contribution in [-0.2, 0) is 6.54 Å². The van der Waals surface area contributed by atoms with Gasteiger partial charge in [-0.3, -0.25) is 4.90 Å². The van der Waals surface area contributed by atoms with E-state index in [9.17, 15) is 0 Å². The molecule has 24 heavy (non-hydrogen) atoms. The van der Waals surface area contributed by atoms with Crippen LogP contribution in [-0.4, -0.2) is 32.9 Å². The first-order valence-corrected chi connectivity index (χ1v) is 8.93. The number of aromatic amines is 1. The Morgan fingerprint density at radius 3 is 3.00 bits per heavy atom. The van der Waals surface area contributed by atoms with Gasteiger partial charge < -0.3 is 4.98 Å². The van der Waals surface area contributed by atoms with Gasteiger partial charge in [0.25, 0.3) is 0 Å². The smallest absolute Gasteiger partial charge is 0.156 e. The van der Waals surface area contributed by atoms with Crippen molar-refractivity contribution in [3.63, 3.8) is 0 Å². The summed E-state index contributed by atoms with van der Waals surface area (Å²) in [6.45, 7) is 5.71. The molecule has 3 aromatic rings. The standard InChI is InChI=1S/C20H24N4/c1-2-10-24(13-15-6-7-15)14-16-4-3-5-17(11-16)19-12-22-20-18(23-19)8-9-21-20/h3-5,8-9,11-12,15H,2,6-7,10,13-14H2,1H3,(H,21,22). The van der Waals surface area contributed by atoms with E-state index in [1.165, 1.54) is 37.9 Å². The molecule has 4 rings (SSSR count). The van der Waals surface area contributed by atoms with Crippen LogP contribution in [0.15, 0.2) is 42.7 Å². The van der Waals surface area contributed by atoms with Gasteiger partial charge in [0, 0.05) is 24.8 Å². The second kappa shape index (κ2) is 6.73. The summed E-state index contributed by atoms with van der Waals surface area (Å²) >= 11 is 0. The molecule has 0 spiro atoms. The average Bonchev–Trinajstić information content (AvgIpc) is 3.28. The molecule has 0 aliphatic heterocycles. The van der Waals surface area contributed by atoms with Crippen molar-refractivity contribution in [1.29, 1.82) is 0 Å². The van der Waals surface area contributed by atoms with Crippen molar-refractivity contribution in [1.82, 2.24) is 19.9 Å². The molecule has 4 heteroatoms. The molecule has 0 amide bonds. The molecule has 1 aliphatic carbocycles. The minimum atomic E-state index is 0.841. The highest BCUT2D eigenvalue weighted by Gasteiger charge is 2.23. The lowest BCUT2D eigenvalue weighted by Gasteiger charge is -2.21. The van der Waals surface area contributed by atoms with Gasteiger partial charge in [-0.2, -0.15) is 0 Å². The molecule has 1 aromatic carbocycles. The van der Waals surface area contributed by atoms with Crippen LogP contribution < -0.4 is 0 Å². The van der Waals surface area contributed by atoms with Crippen molar-refractivity contribution in [2.45, 2.75) is 32.7 Å². The molecule has 1 fully saturated rings. The first-order valence-electron chi connectivity index (χ1n) is 8.93. The first-order chi connectivity index (χ1) is 11.8. The number of nitrogens with one attached hydrogen (secondary N) is 1. The fourth-order valence-corrected chi connectivity index (χ4v) is 3.27. The van der Waals surface area contributed by atoms with Gasteiger partial charge in [0.15, 0.2) is 5.65 Å². The van der Waals surface area contributed by atoms with Crippen molar-refractivity contribution in [2.24, 2.45) is 5.92 Å². The third kappa shape index (κ3) is 3.49. The number of hydrogen-bond donors (Lipinski definition) is 1. The quantitative estimate of drug-likeness (QED) is 0.708. The molecular weight excluding hydrogens is 296 g/mol. The average molecular weight is 320 g/mol. The zero-order valence-electron chi connectivity index (χ0n) is 14.2. The number of rotatable bonds is 7. The van der Waals surface area contributed by atoms with E-state index in [1.807, 2.05) is 18.5 Å². The van der Waals surface area contributed by atoms with Crippen LogP contribution in [0.25, 0.3) is 22.4 Å². The Bertz CT molecular complexity index is 819. The highest BCUT2D eigenvalue weighted by atomic mass is 15.1. The Morgan fingerprint density at radius 2 is 2.17 bits per heavy atom. The van der Waals surface area contributed by atoms with E-state index in [0.717, 1.165) is 34.9 Å². The lowest BCUT2D eigenvalue weighted by Crippen LogP contribution is -2.26. The summed E-state index contributed by atoms with van der Waals surface area (Å²) < 4.78 is 0. The number of nitrogens with zero attached hydrogens (tertiary/aromatic N) is 3.